The summed E-state index contributed by atoms with van der Waals surface area (Å²) in [5, 5.41) is 2.93. The summed E-state index contributed by atoms with van der Waals surface area (Å²) in [5.41, 5.74) is 2.78. The lowest BCUT2D eigenvalue weighted by molar-refractivity contribution is -0.127. The minimum atomic E-state index is -0.510. The molecule has 0 spiro atoms. The number of rotatable bonds is 6. The van der Waals surface area contributed by atoms with Gasteiger partial charge in [-0.05, 0) is 73.1 Å². The monoisotopic (exact) mass is 464 g/mol. The van der Waals surface area contributed by atoms with Gasteiger partial charge in [0.2, 0.25) is 5.91 Å². The third kappa shape index (κ3) is 5.15. The predicted molar refractivity (Wildman–Crippen MR) is 126 cm³/mol. The molecule has 1 aliphatic heterocycles. The largest absolute Gasteiger partial charge is 0.450 e. The first-order valence-corrected chi connectivity index (χ1v) is 11.5. The van der Waals surface area contributed by atoms with E-state index in [1.807, 2.05) is 62.4 Å². The van der Waals surface area contributed by atoms with Crippen molar-refractivity contribution in [2.45, 2.75) is 23.8 Å². The van der Waals surface area contributed by atoms with E-state index in [1.54, 1.807) is 12.1 Å². The molecule has 3 amide bonds. The van der Waals surface area contributed by atoms with E-state index in [0.29, 0.717) is 16.5 Å². The van der Waals surface area contributed by atoms with Gasteiger partial charge in [0, 0.05) is 16.7 Å². The number of thioether (sulfide) groups is 1. The predicted octanol–water partition coefficient (Wildman–Crippen LogP) is 5.72. The molecule has 8 heteroatoms. The Morgan fingerprint density at radius 1 is 1.06 bits per heavy atom. The number of furan rings is 1. The van der Waals surface area contributed by atoms with Crippen LogP contribution in [0.4, 0.5) is 10.5 Å². The van der Waals surface area contributed by atoms with Crippen LogP contribution in [-0.4, -0.2) is 28.5 Å². The summed E-state index contributed by atoms with van der Waals surface area (Å²) < 4.78 is 5.76. The number of hydrogen-bond donors (Lipinski definition) is 1. The molecule has 0 saturated carbocycles. The highest BCUT2D eigenvalue weighted by Gasteiger charge is 2.36. The van der Waals surface area contributed by atoms with E-state index < -0.39 is 17.1 Å². The maximum absolute atomic E-state index is 12.7. The molecule has 3 aromatic rings. The highest BCUT2D eigenvalue weighted by atomic mass is 32.2. The lowest BCUT2D eigenvalue weighted by Gasteiger charge is -2.13. The van der Waals surface area contributed by atoms with E-state index >= 15 is 0 Å². The fourth-order valence-corrected chi connectivity index (χ4v) is 4.62. The Morgan fingerprint density at radius 2 is 1.84 bits per heavy atom. The van der Waals surface area contributed by atoms with Crippen LogP contribution in [0.25, 0.3) is 6.08 Å². The molecule has 1 fully saturated rings. The SMILES string of the molecule is Cc1ccc(NC(=O)CN2C(=O)SC(=Cc3ccc(Sc4ccccc4)o3)C2=O)cc1C. The molecule has 0 atom stereocenters. The van der Waals surface area contributed by atoms with E-state index in [1.165, 1.54) is 17.8 Å². The first-order valence-electron chi connectivity index (χ1n) is 9.84. The second kappa shape index (κ2) is 9.50. The average molecular weight is 465 g/mol. The molecule has 0 unspecified atom stereocenters. The zero-order chi connectivity index (χ0) is 22.7. The molecular weight excluding hydrogens is 444 g/mol. The lowest BCUT2D eigenvalue weighted by atomic mass is 10.1. The molecule has 1 aromatic heterocycles. The van der Waals surface area contributed by atoms with Crippen molar-refractivity contribution in [2.24, 2.45) is 0 Å². The number of carbonyl (C=O) groups excluding carboxylic acids is 3. The zero-order valence-electron chi connectivity index (χ0n) is 17.5. The number of amides is 3. The first kappa shape index (κ1) is 22.0. The summed E-state index contributed by atoms with van der Waals surface area (Å²) in [6, 6.07) is 18.9. The van der Waals surface area contributed by atoms with Crippen LogP contribution >= 0.6 is 23.5 Å². The van der Waals surface area contributed by atoms with Crippen LogP contribution in [0.15, 0.2) is 80.0 Å². The Kier molecular flexibility index (Phi) is 6.53. The summed E-state index contributed by atoms with van der Waals surface area (Å²) in [5.74, 6) is -0.478. The Hall–Kier alpha value is -3.23. The lowest BCUT2D eigenvalue weighted by Crippen LogP contribution is -2.36. The number of nitrogens with zero attached hydrogens (tertiary/aromatic N) is 1. The molecule has 32 heavy (non-hydrogen) atoms. The highest BCUT2D eigenvalue weighted by Crippen LogP contribution is 2.34. The van der Waals surface area contributed by atoms with E-state index in [-0.39, 0.29) is 11.4 Å². The minimum Gasteiger partial charge on any atom is -0.450 e. The van der Waals surface area contributed by atoms with Crippen molar-refractivity contribution in [3.63, 3.8) is 0 Å². The van der Waals surface area contributed by atoms with Gasteiger partial charge < -0.3 is 9.73 Å². The highest BCUT2D eigenvalue weighted by molar-refractivity contribution is 8.18. The summed E-state index contributed by atoms with van der Waals surface area (Å²) in [4.78, 5) is 39.6. The Morgan fingerprint density at radius 3 is 2.59 bits per heavy atom. The second-order valence-electron chi connectivity index (χ2n) is 7.19. The van der Waals surface area contributed by atoms with Crippen LogP contribution in [0.5, 0.6) is 0 Å². The second-order valence-corrected chi connectivity index (χ2v) is 9.26. The van der Waals surface area contributed by atoms with Crippen LogP contribution in [0.3, 0.4) is 0 Å². The van der Waals surface area contributed by atoms with Gasteiger partial charge in [0.05, 0.1) is 4.91 Å². The van der Waals surface area contributed by atoms with E-state index in [4.69, 9.17) is 4.42 Å². The third-order valence-electron chi connectivity index (χ3n) is 4.80. The molecular formula is C24H20N2O4S2. The van der Waals surface area contributed by atoms with Gasteiger partial charge in [-0.15, -0.1) is 0 Å². The minimum absolute atomic E-state index is 0.222. The van der Waals surface area contributed by atoms with Gasteiger partial charge in [-0.1, -0.05) is 36.0 Å². The molecule has 1 saturated heterocycles. The van der Waals surface area contributed by atoms with Gasteiger partial charge in [-0.2, -0.15) is 0 Å². The molecule has 0 aliphatic carbocycles. The Balaban J connectivity index is 1.40. The van der Waals surface area contributed by atoms with Crippen molar-refractivity contribution < 1.29 is 18.8 Å². The third-order valence-corrected chi connectivity index (χ3v) is 6.64. The number of imide groups is 1. The average Bonchev–Trinajstić information content (AvgIpc) is 3.31. The number of hydrogen-bond acceptors (Lipinski definition) is 6. The van der Waals surface area contributed by atoms with Gasteiger partial charge in [-0.3, -0.25) is 19.3 Å². The Labute approximate surface area is 194 Å². The zero-order valence-corrected chi connectivity index (χ0v) is 19.1. The normalized spacial score (nSPS) is 14.9. The van der Waals surface area contributed by atoms with E-state index in [2.05, 4.69) is 5.32 Å². The standard InChI is InChI=1S/C24H20N2O4S2/c1-15-8-9-17(12-16(15)2)25-21(27)14-26-23(28)20(32-24(26)29)13-18-10-11-22(30-18)31-19-6-4-3-5-7-19/h3-13H,14H2,1-2H3,(H,25,27). The molecule has 6 nitrogen and oxygen atoms in total. The van der Waals surface area contributed by atoms with Gasteiger partial charge in [0.15, 0.2) is 5.09 Å². The summed E-state index contributed by atoms with van der Waals surface area (Å²) in [7, 11) is 0. The van der Waals surface area contributed by atoms with Gasteiger partial charge in [-0.25, -0.2) is 0 Å². The summed E-state index contributed by atoms with van der Waals surface area (Å²) in [6.45, 7) is 3.59. The van der Waals surface area contributed by atoms with Crippen molar-refractivity contribution in [3.8, 4) is 0 Å². The molecule has 1 N–H and O–H groups in total. The van der Waals surface area contributed by atoms with Crippen LogP contribution in [-0.2, 0) is 9.59 Å². The van der Waals surface area contributed by atoms with Crippen molar-refractivity contribution in [1.29, 1.82) is 0 Å². The number of carbonyl (C=O) groups is 3. The van der Waals surface area contributed by atoms with Crippen molar-refractivity contribution in [3.05, 3.63) is 82.5 Å². The molecule has 1 aliphatic rings. The summed E-state index contributed by atoms with van der Waals surface area (Å²) >= 11 is 2.26. The number of benzene rings is 2. The van der Waals surface area contributed by atoms with Crippen molar-refractivity contribution in [1.82, 2.24) is 4.90 Å². The van der Waals surface area contributed by atoms with Gasteiger partial charge in [0.25, 0.3) is 11.1 Å². The van der Waals surface area contributed by atoms with Gasteiger partial charge >= 0.3 is 0 Å². The fourth-order valence-electron chi connectivity index (χ4n) is 3.00. The molecule has 0 bridgehead atoms. The van der Waals surface area contributed by atoms with Crippen LogP contribution < -0.4 is 5.32 Å². The number of aryl methyl sites for hydroxylation is 2. The molecule has 2 aromatic carbocycles. The fraction of sp³-hybridized carbons (Fsp3) is 0.125. The number of nitrogens with one attached hydrogen (secondary N) is 1. The molecule has 4 rings (SSSR count). The smallest absolute Gasteiger partial charge is 0.294 e. The molecule has 162 valence electrons. The molecule has 0 radical (unpaired) electrons. The molecule has 2 heterocycles. The van der Waals surface area contributed by atoms with E-state index in [9.17, 15) is 14.4 Å². The first-order chi connectivity index (χ1) is 15.4. The van der Waals surface area contributed by atoms with E-state index in [0.717, 1.165) is 32.7 Å². The summed E-state index contributed by atoms with van der Waals surface area (Å²) in [6.07, 6.45) is 1.53. The van der Waals surface area contributed by atoms with Crippen LogP contribution in [0, 0.1) is 13.8 Å². The van der Waals surface area contributed by atoms with Gasteiger partial charge in [0.1, 0.15) is 12.3 Å². The Bertz CT molecular complexity index is 1220. The maximum atomic E-state index is 12.7. The topological polar surface area (TPSA) is 79.6 Å². The quantitative estimate of drug-likeness (QED) is 0.470. The van der Waals surface area contributed by atoms with Crippen molar-refractivity contribution in [2.75, 3.05) is 11.9 Å². The maximum Gasteiger partial charge on any atom is 0.294 e. The van der Waals surface area contributed by atoms with Crippen molar-refractivity contribution >= 4 is 52.3 Å². The number of anilines is 1. The van der Waals surface area contributed by atoms with Crippen LogP contribution in [0.1, 0.15) is 16.9 Å². The van der Waals surface area contributed by atoms with Crippen LogP contribution in [0.2, 0.25) is 0 Å².